The van der Waals surface area contributed by atoms with Crippen molar-refractivity contribution in [3.63, 3.8) is 0 Å². The smallest absolute Gasteiger partial charge is 0.323 e. The first-order valence-electron chi connectivity index (χ1n) is 9.49. The largest absolute Gasteiger partial charge is 0.503 e. The maximum Gasteiger partial charge on any atom is 0.323 e. The fourth-order valence-electron chi connectivity index (χ4n) is 3.68. The van der Waals surface area contributed by atoms with E-state index in [1.807, 2.05) is 30.3 Å². The van der Waals surface area contributed by atoms with Gasteiger partial charge in [0.2, 0.25) is 0 Å². The number of ether oxygens (including phenoxy) is 3. The van der Waals surface area contributed by atoms with E-state index in [2.05, 4.69) is 0 Å². The number of thioether (sulfide) groups is 1. The molecule has 2 aliphatic rings. The lowest BCUT2D eigenvalue weighted by atomic mass is 10.0. The number of methoxy groups -OCH3 is 3. The van der Waals surface area contributed by atoms with Crippen molar-refractivity contribution in [2.24, 2.45) is 0 Å². The Bertz CT molecular complexity index is 1070. The number of carbonyl (C=O) groups excluding carboxylic acids is 2. The SMILES string of the molecule is COC(=O)[C@@H]1SC(c2ccc(OC)cc2)=C[C@H]2C1=C(O)C(=O)N2c1ccc(OC)cc1. The second kappa shape index (κ2) is 8.39. The Hall–Kier alpha value is -3.39. The molecule has 0 unspecified atom stereocenters. The number of carbonyl (C=O) groups is 2. The number of hydrogen-bond acceptors (Lipinski definition) is 7. The minimum absolute atomic E-state index is 0.329. The molecule has 1 N–H and O–H groups in total. The summed E-state index contributed by atoms with van der Waals surface area (Å²) >= 11 is 1.25. The Kier molecular flexibility index (Phi) is 5.65. The zero-order chi connectivity index (χ0) is 22.1. The van der Waals surface area contributed by atoms with Gasteiger partial charge in [-0.3, -0.25) is 14.5 Å². The predicted octanol–water partition coefficient (Wildman–Crippen LogP) is 3.56. The van der Waals surface area contributed by atoms with E-state index in [0.717, 1.165) is 10.5 Å². The van der Waals surface area contributed by atoms with Crippen LogP contribution < -0.4 is 14.4 Å². The number of fused-ring (bicyclic) bond motifs is 1. The summed E-state index contributed by atoms with van der Waals surface area (Å²) in [6.45, 7) is 0. The van der Waals surface area contributed by atoms with Crippen molar-refractivity contribution in [1.82, 2.24) is 0 Å². The second-order valence-corrected chi connectivity index (χ2v) is 8.05. The van der Waals surface area contributed by atoms with Gasteiger partial charge in [-0.15, -0.1) is 11.8 Å². The number of rotatable bonds is 5. The first-order valence-corrected chi connectivity index (χ1v) is 10.4. The first-order chi connectivity index (χ1) is 15.0. The Morgan fingerprint density at radius 2 is 1.55 bits per heavy atom. The molecule has 2 atom stereocenters. The lowest BCUT2D eigenvalue weighted by molar-refractivity contribution is -0.139. The average molecular weight is 439 g/mol. The summed E-state index contributed by atoms with van der Waals surface area (Å²) < 4.78 is 15.4. The minimum atomic E-state index is -0.843. The van der Waals surface area contributed by atoms with Crippen LogP contribution in [0.2, 0.25) is 0 Å². The maximum atomic E-state index is 13.0. The van der Waals surface area contributed by atoms with E-state index >= 15 is 0 Å². The van der Waals surface area contributed by atoms with E-state index in [1.165, 1.54) is 23.8 Å². The van der Waals surface area contributed by atoms with Gasteiger partial charge in [0.25, 0.3) is 5.91 Å². The van der Waals surface area contributed by atoms with Crippen LogP contribution in [0.4, 0.5) is 5.69 Å². The molecular weight excluding hydrogens is 418 g/mol. The summed E-state index contributed by atoms with van der Waals surface area (Å²) in [5, 5.41) is 9.82. The highest BCUT2D eigenvalue weighted by Gasteiger charge is 2.48. The fraction of sp³-hybridized carbons (Fsp3) is 0.217. The van der Waals surface area contributed by atoms with E-state index in [-0.39, 0.29) is 0 Å². The van der Waals surface area contributed by atoms with Crippen LogP contribution in [-0.4, -0.2) is 49.6 Å². The third-order valence-corrected chi connectivity index (χ3v) is 6.58. The molecular formula is C23H21NO6S. The lowest BCUT2D eigenvalue weighted by Gasteiger charge is -2.31. The molecule has 0 fully saturated rings. The molecule has 31 heavy (non-hydrogen) atoms. The number of amides is 1. The number of anilines is 1. The number of aliphatic hydroxyl groups excluding tert-OH is 1. The fourth-order valence-corrected chi connectivity index (χ4v) is 4.99. The summed E-state index contributed by atoms with van der Waals surface area (Å²) in [6, 6.07) is 13.8. The van der Waals surface area contributed by atoms with E-state index in [0.29, 0.717) is 22.8 Å². The van der Waals surface area contributed by atoms with Crippen molar-refractivity contribution in [3.05, 3.63) is 71.5 Å². The number of benzene rings is 2. The molecule has 2 aromatic carbocycles. The van der Waals surface area contributed by atoms with Crippen LogP contribution in [-0.2, 0) is 14.3 Å². The molecule has 2 heterocycles. The van der Waals surface area contributed by atoms with Gasteiger partial charge in [0.05, 0.1) is 27.4 Å². The highest BCUT2D eigenvalue weighted by molar-refractivity contribution is 8.09. The molecule has 7 nitrogen and oxygen atoms in total. The molecule has 0 spiro atoms. The molecule has 2 aliphatic heterocycles. The number of esters is 1. The molecule has 0 aliphatic carbocycles. The predicted molar refractivity (Wildman–Crippen MR) is 118 cm³/mol. The Morgan fingerprint density at radius 3 is 2.10 bits per heavy atom. The molecule has 0 radical (unpaired) electrons. The van der Waals surface area contributed by atoms with Gasteiger partial charge in [-0.05, 0) is 48.0 Å². The third-order valence-electron chi connectivity index (χ3n) is 5.27. The molecule has 1 amide bonds. The first kappa shape index (κ1) is 20.9. The standard InChI is InChI=1S/C23H21NO6S/c1-28-15-8-4-13(5-9-15)18-12-17-19(21(31-18)23(27)30-3)20(25)22(26)24(17)14-6-10-16(29-2)11-7-14/h4-12,17,21,25H,1-3H3/t17-,21+/m0/s1. The topological polar surface area (TPSA) is 85.3 Å². The van der Waals surface area contributed by atoms with Crippen LogP contribution >= 0.6 is 11.8 Å². The summed E-state index contributed by atoms with van der Waals surface area (Å²) in [5.74, 6) is -0.154. The van der Waals surface area contributed by atoms with Gasteiger partial charge in [-0.1, -0.05) is 12.1 Å². The van der Waals surface area contributed by atoms with E-state index in [4.69, 9.17) is 14.2 Å². The van der Waals surface area contributed by atoms with E-state index < -0.39 is 28.9 Å². The molecule has 0 saturated carbocycles. The number of aliphatic hydroxyl groups is 1. The Morgan fingerprint density at radius 1 is 0.968 bits per heavy atom. The highest BCUT2D eigenvalue weighted by Crippen LogP contribution is 2.47. The molecule has 2 aromatic rings. The normalized spacial score (nSPS) is 20.3. The quantitative estimate of drug-likeness (QED) is 0.713. The lowest BCUT2D eigenvalue weighted by Crippen LogP contribution is -2.39. The van der Waals surface area contributed by atoms with Crippen LogP contribution in [0.15, 0.2) is 65.9 Å². The summed E-state index contributed by atoms with van der Waals surface area (Å²) in [4.78, 5) is 27.8. The van der Waals surface area contributed by atoms with Crippen LogP contribution in [0.25, 0.3) is 4.91 Å². The van der Waals surface area contributed by atoms with Crippen molar-refractivity contribution < 1.29 is 28.9 Å². The number of nitrogens with zero attached hydrogens (tertiary/aromatic N) is 1. The summed E-state index contributed by atoms with van der Waals surface area (Å²) in [5.41, 5.74) is 1.78. The summed E-state index contributed by atoms with van der Waals surface area (Å²) in [6.07, 6.45) is 1.88. The van der Waals surface area contributed by atoms with E-state index in [9.17, 15) is 14.7 Å². The Balaban J connectivity index is 1.81. The molecule has 8 heteroatoms. The highest BCUT2D eigenvalue weighted by atomic mass is 32.2. The third kappa shape index (κ3) is 3.63. The van der Waals surface area contributed by atoms with Crippen molar-refractivity contribution in [1.29, 1.82) is 0 Å². The van der Waals surface area contributed by atoms with Gasteiger partial charge >= 0.3 is 5.97 Å². The van der Waals surface area contributed by atoms with Gasteiger partial charge in [0.1, 0.15) is 16.7 Å². The van der Waals surface area contributed by atoms with Crippen LogP contribution in [0.3, 0.4) is 0 Å². The minimum Gasteiger partial charge on any atom is -0.503 e. The second-order valence-electron chi connectivity index (χ2n) is 6.90. The molecule has 160 valence electrons. The van der Waals surface area contributed by atoms with Gasteiger partial charge in [0, 0.05) is 16.2 Å². The number of hydrogen-bond donors (Lipinski definition) is 1. The Labute approximate surface area is 183 Å². The van der Waals surface area contributed by atoms with Crippen molar-refractivity contribution in [3.8, 4) is 11.5 Å². The van der Waals surface area contributed by atoms with Crippen molar-refractivity contribution in [2.75, 3.05) is 26.2 Å². The van der Waals surface area contributed by atoms with E-state index in [1.54, 1.807) is 38.5 Å². The van der Waals surface area contributed by atoms with Gasteiger partial charge in [-0.25, -0.2) is 0 Å². The zero-order valence-electron chi connectivity index (χ0n) is 17.2. The van der Waals surface area contributed by atoms with Crippen LogP contribution in [0.1, 0.15) is 5.56 Å². The molecule has 0 saturated heterocycles. The molecule has 0 aromatic heterocycles. The van der Waals surface area contributed by atoms with Gasteiger partial charge in [-0.2, -0.15) is 0 Å². The monoisotopic (exact) mass is 439 g/mol. The van der Waals surface area contributed by atoms with Crippen LogP contribution in [0.5, 0.6) is 11.5 Å². The van der Waals surface area contributed by atoms with Crippen LogP contribution in [0, 0.1) is 0 Å². The maximum absolute atomic E-state index is 13.0. The average Bonchev–Trinajstić information content (AvgIpc) is 3.08. The van der Waals surface area contributed by atoms with Crippen molar-refractivity contribution in [2.45, 2.75) is 11.3 Å². The summed E-state index contributed by atoms with van der Waals surface area (Å²) in [7, 11) is 4.44. The molecule has 4 rings (SSSR count). The zero-order valence-corrected chi connectivity index (χ0v) is 18.0. The molecule has 0 bridgehead atoms. The van der Waals surface area contributed by atoms with Gasteiger partial charge in [0.15, 0.2) is 5.76 Å². The van der Waals surface area contributed by atoms with Crippen molar-refractivity contribution >= 4 is 34.2 Å². The van der Waals surface area contributed by atoms with Gasteiger partial charge < -0.3 is 19.3 Å².